The molecule has 0 unspecified atom stereocenters. The Bertz CT molecular complexity index is 646. The van der Waals surface area contributed by atoms with Crippen LogP contribution in [0.1, 0.15) is 6.42 Å². The summed E-state index contributed by atoms with van der Waals surface area (Å²) >= 11 is 3.14. The van der Waals surface area contributed by atoms with Crippen LogP contribution in [0.5, 0.6) is 0 Å². The van der Waals surface area contributed by atoms with Crippen LogP contribution in [0.3, 0.4) is 0 Å². The lowest BCUT2D eigenvalue weighted by molar-refractivity contribution is -0.146. The second kappa shape index (κ2) is 5.26. The van der Waals surface area contributed by atoms with Gasteiger partial charge in [-0.25, -0.2) is 4.39 Å². The van der Waals surface area contributed by atoms with Crippen LogP contribution >= 0.6 is 15.9 Å². The van der Waals surface area contributed by atoms with Gasteiger partial charge in [0.2, 0.25) is 5.91 Å². The first kappa shape index (κ1) is 14.3. The molecule has 0 spiro atoms. The maximum absolute atomic E-state index is 13.8. The number of carbonyl (C=O) groups is 2. The molecule has 0 radical (unpaired) electrons. The minimum atomic E-state index is -0.969. The Balaban J connectivity index is 1.82. The van der Waals surface area contributed by atoms with E-state index in [1.165, 1.54) is 12.1 Å². The van der Waals surface area contributed by atoms with Crippen molar-refractivity contribution < 1.29 is 19.1 Å². The standard InChI is InChI=1S/C15H13BrFNO3/c16-9-3-4-11(10(17)6-9)18-14(19)12-7-1-2-8(5-7)13(12)15(20)21/h1-4,6-8,12-13H,5H2,(H,18,19)(H,20,21)/t7-,8+,12+,13+/m1/s1. The molecule has 6 heteroatoms. The van der Waals surface area contributed by atoms with E-state index in [0.717, 1.165) is 0 Å². The number of carboxylic acids is 1. The van der Waals surface area contributed by atoms with Gasteiger partial charge in [0.15, 0.2) is 0 Å². The summed E-state index contributed by atoms with van der Waals surface area (Å²) in [6.07, 6.45) is 4.44. The molecule has 0 aliphatic heterocycles. The van der Waals surface area contributed by atoms with Gasteiger partial charge < -0.3 is 10.4 Å². The number of rotatable bonds is 3. The van der Waals surface area contributed by atoms with E-state index in [0.29, 0.717) is 10.9 Å². The first-order valence-corrected chi connectivity index (χ1v) is 7.43. The van der Waals surface area contributed by atoms with E-state index in [1.54, 1.807) is 6.07 Å². The van der Waals surface area contributed by atoms with Crippen LogP contribution in [0.25, 0.3) is 0 Å². The fraction of sp³-hybridized carbons (Fsp3) is 0.333. The second-order valence-corrected chi connectivity index (χ2v) is 6.37. The number of fused-ring (bicyclic) bond motifs is 2. The summed E-state index contributed by atoms with van der Waals surface area (Å²) in [4.78, 5) is 23.7. The number of benzene rings is 1. The first-order chi connectivity index (χ1) is 9.97. The van der Waals surface area contributed by atoms with Crippen molar-refractivity contribution in [3.63, 3.8) is 0 Å². The summed E-state index contributed by atoms with van der Waals surface area (Å²) in [5.74, 6) is -3.49. The largest absolute Gasteiger partial charge is 0.481 e. The molecule has 2 bridgehead atoms. The zero-order valence-corrected chi connectivity index (χ0v) is 12.5. The van der Waals surface area contributed by atoms with Crippen molar-refractivity contribution in [1.82, 2.24) is 0 Å². The Labute approximate surface area is 129 Å². The molecule has 110 valence electrons. The Morgan fingerprint density at radius 3 is 2.52 bits per heavy atom. The molecular formula is C15H13BrFNO3. The molecule has 4 atom stereocenters. The number of carboxylic acid groups (broad SMARTS) is 1. The van der Waals surface area contributed by atoms with Gasteiger partial charge in [-0.15, -0.1) is 0 Å². The molecule has 1 fully saturated rings. The number of hydrogen-bond donors (Lipinski definition) is 2. The SMILES string of the molecule is O=C(Nc1ccc(Br)cc1F)[C@@H]1[C@@H](C(=O)O)[C@H]2C=C[C@@H]1C2. The van der Waals surface area contributed by atoms with Crippen molar-refractivity contribution in [2.45, 2.75) is 6.42 Å². The van der Waals surface area contributed by atoms with Crippen LogP contribution < -0.4 is 5.32 Å². The number of halogens is 2. The zero-order chi connectivity index (χ0) is 15.1. The third-order valence-electron chi connectivity index (χ3n) is 4.24. The molecule has 0 aromatic heterocycles. The molecular weight excluding hydrogens is 341 g/mol. The summed E-state index contributed by atoms with van der Waals surface area (Å²) in [6, 6.07) is 4.33. The summed E-state index contributed by atoms with van der Waals surface area (Å²) in [7, 11) is 0. The number of carbonyl (C=O) groups excluding carboxylic acids is 1. The van der Waals surface area contributed by atoms with Crippen LogP contribution in [-0.4, -0.2) is 17.0 Å². The van der Waals surface area contributed by atoms with E-state index in [2.05, 4.69) is 21.2 Å². The lowest BCUT2D eigenvalue weighted by atomic mass is 9.82. The molecule has 4 nitrogen and oxygen atoms in total. The van der Waals surface area contributed by atoms with Gasteiger partial charge in [-0.05, 0) is 36.5 Å². The predicted octanol–water partition coefficient (Wildman–Crippen LogP) is 3.05. The third kappa shape index (κ3) is 2.48. The van der Waals surface area contributed by atoms with E-state index in [1.807, 2.05) is 12.2 Å². The van der Waals surface area contributed by atoms with Crippen LogP contribution in [0.2, 0.25) is 0 Å². The Hall–Kier alpha value is -1.69. The van der Waals surface area contributed by atoms with Gasteiger partial charge in [0, 0.05) is 4.47 Å². The van der Waals surface area contributed by atoms with Gasteiger partial charge in [0.25, 0.3) is 0 Å². The van der Waals surface area contributed by atoms with Crippen molar-refractivity contribution in [2.24, 2.45) is 23.7 Å². The smallest absolute Gasteiger partial charge is 0.307 e. The topological polar surface area (TPSA) is 66.4 Å². The van der Waals surface area contributed by atoms with Crippen molar-refractivity contribution >= 4 is 33.5 Å². The highest BCUT2D eigenvalue weighted by atomic mass is 79.9. The molecule has 0 saturated heterocycles. The van der Waals surface area contributed by atoms with Gasteiger partial charge in [-0.2, -0.15) is 0 Å². The van der Waals surface area contributed by atoms with Crippen molar-refractivity contribution in [3.8, 4) is 0 Å². The fourth-order valence-corrected chi connectivity index (χ4v) is 3.66. The quantitative estimate of drug-likeness (QED) is 0.820. The molecule has 21 heavy (non-hydrogen) atoms. The Kier molecular flexibility index (Phi) is 3.57. The summed E-state index contributed by atoms with van der Waals surface area (Å²) in [6.45, 7) is 0. The normalized spacial score (nSPS) is 29.6. The molecule has 1 aromatic carbocycles. The molecule has 1 saturated carbocycles. The number of aliphatic carboxylic acids is 1. The molecule has 1 amide bonds. The van der Waals surface area contributed by atoms with Crippen molar-refractivity contribution in [2.75, 3.05) is 5.32 Å². The highest BCUT2D eigenvalue weighted by Crippen LogP contribution is 2.48. The van der Waals surface area contributed by atoms with Crippen molar-refractivity contribution in [3.05, 3.63) is 40.6 Å². The van der Waals surface area contributed by atoms with E-state index in [9.17, 15) is 19.1 Å². The first-order valence-electron chi connectivity index (χ1n) is 6.64. The maximum Gasteiger partial charge on any atom is 0.307 e. The molecule has 2 aliphatic rings. The Morgan fingerprint density at radius 2 is 1.90 bits per heavy atom. The monoisotopic (exact) mass is 353 g/mol. The summed E-state index contributed by atoms with van der Waals surface area (Å²) in [5.41, 5.74) is 0.0686. The number of hydrogen-bond acceptors (Lipinski definition) is 2. The van der Waals surface area contributed by atoms with Crippen LogP contribution in [0, 0.1) is 29.5 Å². The van der Waals surface area contributed by atoms with E-state index in [-0.39, 0.29) is 17.5 Å². The Morgan fingerprint density at radius 1 is 1.24 bits per heavy atom. The molecule has 3 rings (SSSR count). The third-order valence-corrected chi connectivity index (χ3v) is 4.73. The van der Waals surface area contributed by atoms with Gasteiger partial charge in [0.05, 0.1) is 17.5 Å². The van der Waals surface area contributed by atoms with Crippen LogP contribution in [0.15, 0.2) is 34.8 Å². The zero-order valence-electron chi connectivity index (χ0n) is 10.9. The van der Waals surface area contributed by atoms with Gasteiger partial charge in [-0.3, -0.25) is 9.59 Å². The van der Waals surface area contributed by atoms with E-state index < -0.39 is 29.5 Å². The lowest BCUT2D eigenvalue weighted by Crippen LogP contribution is -2.36. The average molecular weight is 354 g/mol. The average Bonchev–Trinajstić information content (AvgIpc) is 3.02. The number of nitrogens with one attached hydrogen (secondary N) is 1. The van der Waals surface area contributed by atoms with Crippen LogP contribution in [-0.2, 0) is 9.59 Å². The fourth-order valence-electron chi connectivity index (χ4n) is 3.32. The van der Waals surface area contributed by atoms with Crippen LogP contribution in [0.4, 0.5) is 10.1 Å². The number of anilines is 1. The highest BCUT2D eigenvalue weighted by Gasteiger charge is 2.51. The number of allylic oxidation sites excluding steroid dienone is 2. The molecule has 2 N–H and O–H groups in total. The maximum atomic E-state index is 13.8. The van der Waals surface area contributed by atoms with Crippen molar-refractivity contribution in [1.29, 1.82) is 0 Å². The lowest BCUT2D eigenvalue weighted by Gasteiger charge is -2.23. The van der Waals surface area contributed by atoms with E-state index in [4.69, 9.17) is 0 Å². The number of amides is 1. The minimum absolute atomic E-state index is 0.0686. The second-order valence-electron chi connectivity index (χ2n) is 5.45. The molecule has 1 aromatic rings. The summed E-state index contributed by atoms with van der Waals surface area (Å²) in [5, 5.41) is 11.8. The minimum Gasteiger partial charge on any atom is -0.481 e. The molecule has 2 aliphatic carbocycles. The summed E-state index contributed by atoms with van der Waals surface area (Å²) < 4.78 is 14.3. The van der Waals surface area contributed by atoms with E-state index >= 15 is 0 Å². The predicted molar refractivity (Wildman–Crippen MR) is 78.1 cm³/mol. The highest BCUT2D eigenvalue weighted by molar-refractivity contribution is 9.10. The molecule has 0 heterocycles. The van der Waals surface area contributed by atoms with Gasteiger partial charge in [-0.1, -0.05) is 28.1 Å². The van der Waals surface area contributed by atoms with Gasteiger partial charge in [0.1, 0.15) is 5.82 Å². The van der Waals surface area contributed by atoms with Gasteiger partial charge >= 0.3 is 5.97 Å².